The molecule has 0 spiro atoms. The molecule has 0 aliphatic carbocycles. The smallest absolute Gasteiger partial charge is 0.264 e. The van der Waals surface area contributed by atoms with E-state index in [1.165, 1.54) is 0 Å². The van der Waals surface area contributed by atoms with Gasteiger partial charge in [0.05, 0.1) is 31.8 Å². The molecule has 1 atom stereocenters. The molecule has 0 bridgehead atoms. The Morgan fingerprint density at radius 2 is 1.53 bits per heavy atom. The fourth-order valence-electron chi connectivity index (χ4n) is 0.621. The number of hydrogen-bond donors (Lipinski definition) is 1. The van der Waals surface area contributed by atoms with Crippen molar-refractivity contribution in [2.24, 2.45) is 0 Å². The van der Waals surface area contributed by atoms with E-state index in [4.69, 9.17) is 5.11 Å². The van der Waals surface area contributed by atoms with Gasteiger partial charge in [0, 0.05) is 6.42 Å². The standard InChI is InChI=1S/C6H14O7S2/c1-14(8,9)12-4-3-6(7)5-13-15(2,10)11/h6-7H,3-5H2,1-2H3. The molecule has 0 aliphatic heterocycles. The second-order valence-electron chi connectivity index (χ2n) is 2.96. The van der Waals surface area contributed by atoms with Crippen LogP contribution in [0.3, 0.4) is 0 Å². The lowest BCUT2D eigenvalue weighted by atomic mass is 10.3. The van der Waals surface area contributed by atoms with Crippen molar-refractivity contribution in [1.29, 1.82) is 0 Å². The topological polar surface area (TPSA) is 107 Å². The fourth-order valence-corrected chi connectivity index (χ4v) is 1.42. The Balaban J connectivity index is 3.72. The largest absolute Gasteiger partial charge is 0.391 e. The Morgan fingerprint density at radius 3 is 1.93 bits per heavy atom. The van der Waals surface area contributed by atoms with Gasteiger partial charge in [-0.05, 0) is 0 Å². The first-order valence-corrected chi connectivity index (χ1v) is 7.60. The highest BCUT2D eigenvalue weighted by atomic mass is 32.2. The maximum atomic E-state index is 10.5. The minimum atomic E-state index is -3.59. The van der Waals surface area contributed by atoms with Crippen LogP contribution in [0.2, 0.25) is 0 Å². The molecule has 7 nitrogen and oxygen atoms in total. The van der Waals surface area contributed by atoms with Gasteiger partial charge in [0.25, 0.3) is 20.2 Å². The summed E-state index contributed by atoms with van der Waals surface area (Å²) in [5.41, 5.74) is 0. The summed E-state index contributed by atoms with van der Waals surface area (Å²) in [6.45, 7) is -0.626. The van der Waals surface area contributed by atoms with Crippen LogP contribution in [0.1, 0.15) is 6.42 Å². The minimum Gasteiger partial charge on any atom is -0.391 e. The molecule has 9 heteroatoms. The molecule has 0 radical (unpaired) electrons. The third-order valence-corrected chi connectivity index (χ3v) is 2.38. The lowest BCUT2D eigenvalue weighted by Crippen LogP contribution is -2.20. The van der Waals surface area contributed by atoms with Crippen molar-refractivity contribution in [2.45, 2.75) is 12.5 Å². The van der Waals surface area contributed by atoms with Crippen LogP contribution in [0.15, 0.2) is 0 Å². The van der Waals surface area contributed by atoms with Gasteiger partial charge in [-0.3, -0.25) is 8.37 Å². The van der Waals surface area contributed by atoms with E-state index in [0.717, 1.165) is 12.5 Å². The van der Waals surface area contributed by atoms with E-state index in [1.807, 2.05) is 0 Å². The first kappa shape index (κ1) is 14.8. The maximum Gasteiger partial charge on any atom is 0.264 e. The summed E-state index contributed by atoms with van der Waals surface area (Å²) in [7, 11) is -7.13. The normalized spacial score (nSPS) is 15.1. The van der Waals surface area contributed by atoms with Crippen LogP contribution in [0.4, 0.5) is 0 Å². The highest BCUT2D eigenvalue weighted by Crippen LogP contribution is 1.98. The number of hydrogen-bond acceptors (Lipinski definition) is 7. The average molecular weight is 262 g/mol. The zero-order valence-electron chi connectivity index (χ0n) is 8.41. The molecule has 0 rings (SSSR count). The van der Waals surface area contributed by atoms with Gasteiger partial charge in [-0.1, -0.05) is 0 Å². The predicted molar refractivity (Wildman–Crippen MR) is 52.2 cm³/mol. The molecule has 15 heavy (non-hydrogen) atoms. The molecular formula is C6H14O7S2. The summed E-state index contributed by atoms with van der Waals surface area (Å²) in [5.74, 6) is 0. The van der Waals surface area contributed by atoms with Gasteiger partial charge in [0.1, 0.15) is 0 Å². The molecule has 1 unspecified atom stereocenters. The van der Waals surface area contributed by atoms with E-state index in [9.17, 15) is 16.8 Å². The van der Waals surface area contributed by atoms with Crippen molar-refractivity contribution in [1.82, 2.24) is 0 Å². The molecule has 0 saturated heterocycles. The quantitative estimate of drug-likeness (QED) is 0.567. The SMILES string of the molecule is CS(=O)(=O)OCCC(O)COS(C)(=O)=O. The Kier molecular flexibility index (Phi) is 5.67. The van der Waals surface area contributed by atoms with Crippen LogP contribution < -0.4 is 0 Å². The maximum absolute atomic E-state index is 10.5. The average Bonchev–Trinajstić information content (AvgIpc) is 1.97. The van der Waals surface area contributed by atoms with Gasteiger partial charge in [-0.25, -0.2) is 0 Å². The van der Waals surface area contributed by atoms with E-state index >= 15 is 0 Å². The van der Waals surface area contributed by atoms with Crippen LogP contribution in [0, 0.1) is 0 Å². The zero-order chi connectivity index (χ0) is 12.1. The van der Waals surface area contributed by atoms with E-state index in [-0.39, 0.29) is 13.0 Å². The third kappa shape index (κ3) is 11.7. The molecule has 92 valence electrons. The van der Waals surface area contributed by atoms with Crippen molar-refractivity contribution in [3.63, 3.8) is 0 Å². The Labute approximate surface area is 89.3 Å². The highest BCUT2D eigenvalue weighted by Gasteiger charge is 2.10. The first-order valence-electron chi connectivity index (χ1n) is 3.97. The van der Waals surface area contributed by atoms with Crippen molar-refractivity contribution in [2.75, 3.05) is 25.7 Å². The van der Waals surface area contributed by atoms with Crippen molar-refractivity contribution in [3.05, 3.63) is 0 Å². The molecule has 0 heterocycles. The van der Waals surface area contributed by atoms with E-state index in [2.05, 4.69) is 8.37 Å². The highest BCUT2D eigenvalue weighted by molar-refractivity contribution is 7.86. The second kappa shape index (κ2) is 5.75. The third-order valence-electron chi connectivity index (χ3n) is 1.22. The van der Waals surface area contributed by atoms with Gasteiger partial charge >= 0.3 is 0 Å². The molecule has 0 fully saturated rings. The molecule has 0 aromatic rings. The summed E-state index contributed by atoms with van der Waals surface area (Å²) < 4.78 is 50.6. The van der Waals surface area contributed by atoms with Gasteiger partial charge < -0.3 is 5.11 Å². The van der Waals surface area contributed by atoms with Gasteiger partial charge in [0.2, 0.25) is 0 Å². The van der Waals surface area contributed by atoms with Crippen molar-refractivity contribution in [3.8, 4) is 0 Å². The molecule has 0 saturated carbocycles. The second-order valence-corrected chi connectivity index (χ2v) is 6.25. The lowest BCUT2D eigenvalue weighted by molar-refractivity contribution is 0.0898. The van der Waals surface area contributed by atoms with Gasteiger partial charge in [0.15, 0.2) is 0 Å². The van der Waals surface area contributed by atoms with Gasteiger partial charge in [-0.15, -0.1) is 0 Å². The Bertz CT molecular complexity index is 368. The molecule has 0 aliphatic rings. The van der Waals surface area contributed by atoms with E-state index in [0.29, 0.717) is 0 Å². The molecule has 0 aromatic heterocycles. The molecule has 1 N–H and O–H groups in total. The van der Waals surface area contributed by atoms with Crippen LogP contribution in [0.25, 0.3) is 0 Å². The monoisotopic (exact) mass is 262 g/mol. The molecule has 0 aromatic carbocycles. The summed E-state index contributed by atoms with van der Waals surface area (Å²) >= 11 is 0. The Hall–Kier alpha value is -0.220. The Morgan fingerprint density at radius 1 is 1.07 bits per heavy atom. The van der Waals surface area contributed by atoms with Crippen LogP contribution in [-0.2, 0) is 28.6 Å². The minimum absolute atomic E-state index is 0.0252. The summed E-state index contributed by atoms with van der Waals surface area (Å²) in [4.78, 5) is 0. The van der Waals surface area contributed by atoms with Crippen LogP contribution >= 0.6 is 0 Å². The first-order chi connectivity index (χ1) is 6.60. The van der Waals surface area contributed by atoms with Gasteiger partial charge in [-0.2, -0.15) is 16.8 Å². The van der Waals surface area contributed by atoms with Crippen LogP contribution in [0.5, 0.6) is 0 Å². The van der Waals surface area contributed by atoms with Crippen molar-refractivity contribution < 1.29 is 30.3 Å². The summed E-state index contributed by atoms with van der Waals surface area (Å²) in [5, 5.41) is 9.15. The number of aliphatic hydroxyl groups excluding tert-OH is 1. The van der Waals surface area contributed by atoms with Crippen molar-refractivity contribution >= 4 is 20.2 Å². The molecule has 0 amide bonds. The summed E-state index contributed by atoms with van der Waals surface area (Å²) in [6, 6.07) is 0. The number of rotatable bonds is 7. The van der Waals surface area contributed by atoms with E-state index in [1.54, 1.807) is 0 Å². The van der Waals surface area contributed by atoms with Crippen LogP contribution in [-0.4, -0.2) is 53.8 Å². The zero-order valence-corrected chi connectivity index (χ0v) is 10.0. The molecular weight excluding hydrogens is 248 g/mol. The fraction of sp³-hybridized carbons (Fsp3) is 1.00. The predicted octanol–water partition coefficient (Wildman–Crippen LogP) is -1.31. The summed E-state index contributed by atoms with van der Waals surface area (Å²) in [6.07, 6.45) is 0.628. The van der Waals surface area contributed by atoms with E-state index < -0.39 is 32.9 Å². The number of aliphatic hydroxyl groups is 1. The lowest BCUT2D eigenvalue weighted by Gasteiger charge is -2.09.